The summed E-state index contributed by atoms with van der Waals surface area (Å²) in [5.41, 5.74) is 0.908. The van der Waals surface area contributed by atoms with E-state index in [1.807, 2.05) is 34.6 Å². The van der Waals surface area contributed by atoms with E-state index in [-0.39, 0.29) is 16.1 Å². The smallest absolute Gasteiger partial charge is 0.272 e. The molecule has 1 aromatic carbocycles. The molecular formula is C21H24Cl2N4O2. The van der Waals surface area contributed by atoms with Gasteiger partial charge in [0.05, 0.1) is 22.1 Å². The largest absolute Gasteiger partial charge is 0.348 e. The first-order valence-corrected chi connectivity index (χ1v) is 9.96. The molecule has 0 bridgehead atoms. The number of nitrogens with zero attached hydrogens (tertiary/aromatic N) is 1. The van der Waals surface area contributed by atoms with Crippen molar-refractivity contribution in [3.05, 3.63) is 82.9 Å². The number of rotatable bonds is 2. The number of imidazole rings is 1. The topological polar surface area (TPSA) is 94.4 Å². The van der Waals surface area contributed by atoms with Crippen LogP contribution in [0.5, 0.6) is 0 Å². The number of nitrogens with one attached hydrogen (secondary N) is 3. The van der Waals surface area contributed by atoms with Crippen molar-refractivity contribution in [2.24, 2.45) is 0 Å². The van der Waals surface area contributed by atoms with Crippen molar-refractivity contribution >= 4 is 35.4 Å². The zero-order valence-corrected chi connectivity index (χ0v) is 18.5. The zero-order chi connectivity index (χ0) is 21.8. The van der Waals surface area contributed by atoms with Crippen LogP contribution in [-0.2, 0) is 5.41 Å². The summed E-state index contributed by atoms with van der Waals surface area (Å²) in [5, 5.41) is 0.870. The van der Waals surface area contributed by atoms with Gasteiger partial charge in [0.1, 0.15) is 10.7 Å². The third-order valence-electron chi connectivity index (χ3n) is 3.97. The highest BCUT2D eigenvalue weighted by molar-refractivity contribution is 6.42. The fourth-order valence-corrected chi connectivity index (χ4v) is 3.00. The van der Waals surface area contributed by atoms with Crippen molar-refractivity contribution in [2.45, 2.75) is 40.0 Å². The van der Waals surface area contributed by atoms with Crippen molar-refractivity contribution in [1.82, 2.24) is 19.9 Å². The van der Waals surface area contributed by atoms with Gasteiger partial charge in [0, 0.05) is 11.1 Å². The summed E-state index contributed by atoms with van der Waals surface area (Å²) in [6.07, 6.45) is 4.59. The van der Waals surface area contributed by atoms with Crippen molar-refractivity contribution in [2.75, 3.05) is 0 Å². The molecule has 3 N–H and O–H groups in total. The minimum absolute atomic E-state index is 0.0828. The summed E-state index contributed by atoms with van der Waals surface area (Å²) >= 11 is 12.1. The second kappa shape index (κ2) is 9.29. The normalized spacial score (nSPS) is 12.7. The van der Waals surface area contributed by atoms with Crippen LogP contribution in [0.4, 0.5) is 0 Å². The first-order valence-electron chi connectivity index (χ1n) is 9.21. The molecule has 3 rings (SSSR count). The summed E-state index contributed by atoms with van der Waals surface area (Å²) in [5.74, 6) is 0. The fraction of sp³-hybridized carbons (Fsp3) is 0.286. The lowest BCUT2D eigenvalue weighted by molar-refractivity contribution is 0.571. The molecule has 8 heteroatoms. The molecule has 0 saturated heterocycles. The predicted octanol–water partition coefficient (Wildman–Crippen LogP) is 3.07. The molecule has 0 amide bonds. The molecule has 0 aliphatic heterocycles. The van der Waals surface area contributed by atoms with Crippen molar-refractivity contribution < 1.29 is 0 Å². The van der Waals surface area contributed by atoms with E-state index in [0.717, 1.165) is 5.69 Å². The maximum Gasteiger partial charge on any atom is 0.272 e. The SMILES string of the molecule is CC.CC(C)(C)c1[nH]cnc1/C=c1\[nH]c(=O)/c(=C/c2cccc(Cl)c2Cl)[nH]c1=O. The van der Waals surface area contributed by atoms with Gasteiger partial charge in [0.2, 0.25) is 0 Å². The molecule has 0 fully saturated rings. The van der Waals surface area contributed by atoms with Crippen molar-refractivity contribution in [3.63, 3.8) is 0 Å². The predicted molar refractivity (Wildman–Crippen MR) is 119 cm³/mol. The van der Waals surface area contributed by atoms with Gasteiger partial charge in [-0.1, -0.05) is 70.0 Å². The van der Waals surface area contributed by atoms with Gasteiger partial charge < -0.3 is 15.0 Å². The number of benzene rings is 1. The van der Waals surface area contributed by atoms with E-state index in [1.165, 1.54) is 6.08 Å². The molecule has 0 spiro atoms. The third-order valence-corrected chi connectivity index (χ3v) is 4.80. The van der Waals surface area contributed by atoms with Gasteiger partial charge >= 0.3 is 0 Å². The van der Waals surface area contributed by atoms with Gasteiger partial charge in [0.25, 0.3) is 11.1 Å². The standard InChI is InChI=1S/C19H18Cl2N4O2.C2H6/c1-19(2,3)16-12(22-9-23-16)8-14-18(27)24-13(17(26)25-14)7-10-5-4-6-11(20)15(10)21;1-2/h4-9H,1-3H3,(H,22,23)(H,24,27)(H,25,26);1-2H3/b13-7-,14-8-;. The maximum absolute atomic E-state index is 12.4. The second-order valence-electron chi connectivity index (χ2n) is 7.08. The van der Waals surface area contributed by atoms with Gasteiger partial charge in [-0.25, -0.2) is 4.98 Å². The third kappa shape index (κ3) is 5.28. The molecular weight excluding hydrogens is 411 g/mol. The fourth-order valence-electron chi connectivity index (χ4n) is 2.64. The van der Waals surface area contributed by atoms with Crippen molar-refractivity contribution in [1.29, 1.82) is 0 Å². The minimum atomic E-state index is -0.454. The lowest BCUT2D eigenvalue weighted by atomic mass is 9.90. The number of aromatic nitrogens is 4. The lowest BCUT2D eigenvalue weighted by Gasteiger charge is -2.16. The number of hydrogen-bond acceptors (Lipinski definition) is 3. The summed E-state index contributed by atoms with van der Waals surface area (Å²) in [4.78, 5) is 37.4. The summed E-state index contributed by atoms with van der Waals surface area (Å²) < 4.78 is 0. The second-order valence-corrected chi connectivity index (χ2v) is 7.87. The Morgan fingerprint density at radius 3 is 2.14 bits per heavy atom. The first-order chi connectivity index (χ1) is 13.7. The molecule has 6 nitrogen and oxygen atoms in total. The van der Waals surface area contributed by atoms with Crippen LogP contribution in [0.3, 0.4) is 0 Å². The van der Waals surface area contributed by atoms with Crippen LogP contribution in [0.25, 0.3) is 12.2 Å². The molecule has 154 valence electrons. The van der Waals surface area contributed by atoms with E-state index < -0.39 is 11.1 Å². The average Bonchev–Trinajstić information content (AvgIpc) is 3.13. The molecule has 0 radical (unpaired) electrons. The minimum Gasteiger partial charge on any atom is -0.348 e. The van der Waals surface area contributed by atoms with Gasteiger partial charge in [-0.2, -0.15) is 0 Å². The number of halogens is 2. The highest BCUT2D eigenvalue weighted by atomic mass is 35.5. The molecule has 0 atom stereocenters. The molecule has 3 aromatic rings. The van der Waals surface area contributed by atoms with Crippen LogP contribution in [0, 0.1) is 0 Å². The van der Waals surface area contributed by atoms with E-state index >= 15 is 0 Å². The highest BCUT2D eigenvalue weighted by Crippen LogP contribution is 2.25. The van der Waals surface area contributed by atoms with E-state index in [9.17, 15) is 9.59 Å². The number of H-pyrrole nitrogens is 3. The quantitative estimate of drug-likeness (QED) is 0.578. The van der Waals surface area contributed by atoms with Gasteiger partial charge in [-0.05, 0) is 23.8 Å². The summed E-state index contributed by atoms with van der Waals surface area (Å²) in [7, 11) is 0. The summed E-state index contributed by atoms with van der Waals surface area (Å²) in [6, 6.07) is 5.05. The van der Waals surface area contributed by atoms with Crippen molar-refractivity contribution in [3.8, 4) is 0 Å². The monoisotopic (exact) mass is 434 g/mol. The molecule has 2 heterocycles. The molecule has 0 unspecified atom stereocenters. The molecule has 0 aliphatic carbocycles. The van der Waals surface area contributed by atoms with Crippen LogP contribution in [-0.4, -0.2) is 19.9 Å². The Kier molecular flexibility index (Phi) is 7.27. The summed E-state index contributed by atoms with van der Waals surface area (Å²) in [6.45, 7) is 10.1. The van der Waals surface area contributed by atoms with Crippen LogP contribution in [0.15, 0.2) is 34.1 Å². The first kappa shape index (κ1) is 22.7. The molecule has 0 aliphatic rings. The number of aromatic amines is 3. The lowest BCUT2D eigenvalue weighted by Crippen LogP contribution is -2.46. The highest BCUT2D eigenvalue weighted by Gasteiger charge is 2.19. The Bertz CT molecular complexity index is 1230. The van der Waals surface area contributed by atoms with Gasteiger partial charge in [0.15, 0.2) is 0 Å². The van der Waals surface area contributed by atoms with Crippen LogP contribution in [0.2, 0.25) is 10.0 Å². The zero-order valence-electron chi connectivity index (χ0n) is 17.0. The Labute approximate surface area is 178 Å². The molecule has 29 heavy (non-hydrogen) atoms. The molecule has 2 aromatic heterocycles. The van der Waals surface area contributed by atoms with Crippen LogP contribution >= 0.6 is 23.2 Å². The van der Waals surface area contributed by atoms with E-state index in [2.05, 4.69) is 19.9 Å². The van der Waals surface area contributed by atoms with Gasteiger partial charge in [-0.15, -0.1) is 0 Å². The average molecular weight is 435 g/mol. The Hall–Kier alpha value is -2.57. The van der Waals surface area contributed by atoms with E-state index in [4.69, 9.17) is 23.2 Å². The maximum atomic E-state index is 12.4. The Morgan fingerprint density at radius 1 is 0.966 bits per heavy atom. The Balaban J connectivity index is 0.00000145. The Morgan fingerprint density at radius 2 is 1.55 bits per heavy atom. The van der Waals surface area contributed by atoms with Gasteiger partial charge in [-0.3, -0.25) is 9.59 Å². The van der Waals surface area contributed by atoms with E-state index in [1.54, 1.807) is 30.6 Å². The van der Waals surface area contributed by atoms with E-state index in [0.29, 0.717) is 21.3 Å². The number of hydrogen-bond donors (Lipinski definition) is 3. The molecule has 0 saturated carbocycles. The van der Waals surface area contributed by atoms with Crippen LogP contribution < -0.4 is 21.8 Å². The van der Waals surface area contributed by atoms with Crippen LogP contribution in [0.1, 0.15) is 51.6 Å².